The van der Waals surface area contributed by atoms with Crippen LogP contribution in [0.5, 0.6) is 5.75 Å². The van der Waals surface area contributed by atoms with Crippen molar-refractivity contribution in [3.63, 3.8) is 0 Å². The van der Waals surface area contributed by atoms with E-state index in [9.17, 15) is 9.18 Å². The first-order valence-corrected chi connectivity index (χ1v) is 9.25. The summed E-state index contributed by atoms with van der Waals surface area (Å²) in [5, 5.41) is 4.95. The van der Waals surface area contributed by atoms with Crippen molar-refractivity contribution in [3.05, 3.63) is 63.2 Å². The molecular weight excluding hydrogens is 407 g/mol. The zero-order valence-electron chi connectivity index (χ0n) is 12.9. The number of halogens is 2. The van der Waals surface area contributed by atoms with Crippen LogP contribution < -0.4 is 10.1 Å². The van der Waals surface area contributed by atoms with Crippen LogP contribution in [0, 0.1) is 5.82 Å². The van der Waals surface area contributed by atoms with Gasteiger partial charge in [-0.2, -0.15) is 0 Å². The Bertz CT molecular complexity index is 973. The maximum Gasteiger partial charge on any atom is 0.260 e. The van der Waals surface area contributed by atoms with Crippen molar-refractivity contribution >= 4 is 38.3 Å². The fraction of sp³-hybridized carbons (Fsp3) is 0.111. The van der Waals surface area contributed by atoms with Crippen molar-refractivity contribution in [2.75, 3.05) is 11.9 Å². The lowest BCUT2D eigenvalue weighted by atomic mass is 10.1. The Morgan fingerprint density at radius 3 is 3.00 bits per heavy atom. The molecule has 0 spiro atoms. The molecule has 2 aromatic carbocycles. The van der Waals surface area contributed by atoms with Gasteiger partial charge in [0.1, 0.15) is 11.6 Å². The lowest BCUT2D eigenvalue weighted by Gasteiger charge is -2.04. The summed E-state index contributed by atoms with van der Waals surface area (Å²) in [4.78, 5) is 16.7. The maximum absolute atomic E-state index is 13.9. The maximum atomic E-state index is 13.9. The van der Waals surface area contributed by atoms with Crippen LogP contribution in [0.3, 0.4) is 0 Å². The summed E-state index contributed by atoms with van der Waals surface area (Å²) in [5.41, 5.74) is 2.88. The molecule has 1 aromatic heterocycles. The van der Waals surface area contributed by atoms with Gasteiger partial charge in [-0.15, -0.1) is 11.3 Å². The average Bonchev–Trinajstić information content (AvgIpc) is 3.22. The van der Waals surface area contributed by atoms with E-state index in [1.807, 2.05) is 17.5 Å². The van der Waals surface area contributed by atoms with Crippen molar-refractivity contribution in [2.24, 2.45) is 0 Å². The fourth-order valence-electron chi connectivity index (χ4n) is 2.65. The van der Waals surface area contributed by atoms with Crippen molar-refractivity contribution in [2.45, 2.75) is 6.42 Å². The van der Waals surface area contributed by atoms with Gasteiger partial charge in [0.15, 0.2) is 5.13 Å². The van der Waals surface area contributed by atoms with E-state index in [0.29, 0.717) is 16.2 Å². The molecule has 0 saturated carbocycles. The molecule has 0 atom stereocenters. The zero-order chi connectivity index (χ0) is 17.4. The predicted molar refractivity (Wildman–Crippen MR) is 98.8 cm³/mol. The highest BCUT2D eigenvalue weighted by Crippen LogP contribution is 2.32. The number of carbonyl (C=O) groups is 1. The van der Waals surface area contributed by atoms with Crippen LogP contribution in [-0.2, 0) is 6.42 Å². The number of thiazole rings is 1. The van der Waals surface area contributed by atoms with E-state index < -0.39 is 11.7 Å². The van der Waals surface area contributed by atoms with Crippen LogP contribution in [0.4, 0.5) is 9.52 Å². The number of aromatic nitrogens is 1. The fourth-order valence-corrected chi connectivity index (χ4v) is 3.70. The summed E-state index contributed by atoms with van der Waals surface area (Å²) in [5.74, 6) is -0.186. The lowest BCUT2D eigenvalue weighted by molar-refractivity contribution is 0.102. The first-order valence-electron chi connectivity index (χ1n) is 7.58. The number of nitrogens with zero attached hydrogens (tertiary/aromatic N) is 1. The first kappa shape index (κ1) is 16.2. The molecule has 4 rings (SSSR count). The Kier molecular flexibility index (Phi) is 4.27. The van der Waals surface area contributed by atoms with Crippen molar-refractivity contribution in [1.29, 1.82) is 0 Å². The highest BCUT2D eigenvalue weighted by atomic mass is 79.9. The second-order valence-electron chi connectivity index (χ2n) is 5.54. The number of fused-ring (bicyclic) bond motifs is 1. The summed E-state index contributed by atoms with van der Waals surface area (Å²) in [6.07, 6.45) is 0.889. The van der Waals surface area contributed by atoms with E-state index >= 15 is 0 Å². The normalized spacial score (nSPS) is 12.6. The Morgan fingerprint density at radius 1 is 1.28 bits per heavy atom. The van der Waals surface area contributed by atoms with Gasteiger partial charge >= 0.3 is 0 Å². The molecule has 1 aliphatic rings. The van der Waals surface area contributed by atoms with Gasteiger partial charge in [-0.25, -0.2) is 9.37 Å². The van der Waals surface area contributed by atoms with Crippen LogP contribution in [-0.4, -0.2) is 17.5 Å². The molecule has 126 valence electrons. The van der Waals surface area contributed by atoms with Gasteiger partial charge in [-0.3, -0.25) is 10.1 Å². The van der Waals surface area contributed by atoms with Gasteiger partial charge in [-0.1, -0.05) is 15.9 Å². The van der Waals surface area contributed by atoms with E-state index in [1.165, 1.54) is 23.5 Å². The minimum Gasteiger partial charge on any atom is -0.493 e. The number of amides is 1. The third kappa shape index (κ3) is 3.29. The zero-order valence-corrected chi connectivity index (χ0v) is 15.3. The Labute approximate surface area is 155 Å². The number of anilines is 1. The summed E-state index contributed by atoms with van der Waals surface area (Å²) in [6.45, 7) is 0.704. The largest absolute Gasteiger partial charge is 0.493 e. The first-order chi connectivity index (χ1) is 12.1. The minimum absolute atomic E-state index is 0.0189. The van der Waals surface area contributed by atoms with Crippen LogP contribution in [0.15, 0.2) is 46.3 Å². The molecule has 0 fully saturated rings. The molecule has 1 N–H and O–H groups in total. The van der Waals surface area contributed by atoms with E-state index in [0.717, 1.165) is 29.0 Å². The highest BCUT2D eigenvalue weighted by molar-refractivity contribution is 9.10. The van der Waals surface area contributed by atoms with Crippen LogP contribution >= 0.6 is 27.3 Å². The molecule has 7 heteroatoms. The topological polar surface area (TPSA) is 51.2 Å². The van der Waals surface area contributed by atoms with Crippen molar-refractivity contribution in [3.8, 4) is 17.0 Å². The van der Waals surface area contributed by atoms with Crippen LogP contribution in [0.1, 0.15) is 15.9 Å². The Hall–Kier alpha value is -2.25. The standard InChI is InChI=1S/C18H12BrFN2O2S/c19-12-2-3-13(14(20)8-12)17(23)22-18-21-15(9-25-18)10-1-4-16-11(7-10)5-6-24-16/h1-4,7-9H,5-6H2,(H,21,22,23). The number of carbonyl (C=O) groups excluding carboxylic acids is 1. The summed E-state index contributed by atoms with van der Waals surface area (Å²) < 4.78 is 20.0. The number of benzene rings is 2. The molecule has 1 amide bonds. The predicted octanol–water partition coefficient (Wildman–Crippen LogP) is 4.90. The van der Waals surface area contributed by atoms with Crippen molar-refractivity contribution < 1.29 is 13.9 Å². The quantitative estimate of drug-likeness (QED) is 0.657. The second-order valence-corrected chi connectivity index (χ2v) is 7.31. The number of rotatable bonds is 3. The monoisotopic (exact) mass is 418 g/mol. The van der Waals surface area contributed by atoms with Gasteiger partial charge in [-0.05, 0) is 42.0 Å². The SMILES string of the molecule is O=C(Nc1nc(-c2ccc3c(c2)CCO3)cs1)c1ccc(Br)cc1F. The number of hydrogen-bond donors (Lipinski definition) is 1. The molecule has 0 aliphatic carbocycles. The smallest absolute Gasteiger partial charge is 0.260 e. The highest BCUT2D eigenvalue weighted by Gasteiger charge is 2.16. The third-order valence-electron chi connectivity index (χ3n) is 3.89. The molecule has 0 unspecified atom stereocenters. The minimum atomic E-state index is -0.581. The molecule has 0 radical (unpaired) electrons. The van der Waals surface area contributed by atoms with E-state index in [-0.39, 0.29) is 5.56 Å². The van der Waals surface area contributed by atoms with Gasteiger partial charge in [0.05, 0.1) is 17.9 Å². The molecule has 1 aliphatic heterocycles. The molecule has 0 saturated heterocycles. The van der Waals surface area contributed by atoms with E-state index in [2.05, 4.69) is 32.3 Å². The Morgan fingerprint density at radius 2 is 2.16 bits per heavy atom. The van der Waals surface area contributed by atoms with E-state index in [1.54, 1.807) is 6.07 Å². The van der Waals surface area contributed by atoms with Gasteiger partial charge in [0, 0.05) is 21.8 Å². The molecule has 4 nitrogen and oxygen atoms in total. The van der Waals surface area contributed by atoms with Gasteiger partial charge in [0.2, 0.25) is 0 Å². The summed E-state index contributed by atoms with van der Waals surface area (Å²) in [7, 11) is 0. The molecule has 2 heterocycles. The van der Waals surface area contributed by atoms with Crippen molar-refractivity contribution in [1.82, 2.24) is 4.98 Å². The molecule has 0 bridgehead atoms. The second kappa shape index (κ2) is 6.57. The summed E-state index contributed by atoms with van der Waals surface area (Å²) >= 11 is 4.48. The van der Waals surface area contributed by atoms with E-state index in [4.69, 9.17) is 4.74 Å². The average molecular weight is 419 g/mol. The van der Waals surface area contributed by atoms with Gasteiger partial charge < -0.3 is 4.74 Å². The number of nitrogens with one attached hydrogen (secondary N) is 1. The third-order valence-corrected chi connectivity index (χ3v) is 5.14. The number of hydrogen-bond acceptors (Lipinski definition) is 4. The van der Waals surface area contributed by atoms with Gasteiger partial charge in [0.25, 0.3) is 5.91 Å². The molecule has 3 aromatic rings. The van der Waals surface area contributed by atoms with Crippen LogP contribution in [0.25, 0.3) is 11.3 Å². The molecular formula is C18H12BrFN2O2S. The summed E-state index contributed by atoms with van der Waals surface area (Å²) in [6, 6.07) is 10.2. The van der Waals surface area contributed by atoms with Crippen LogP contribution in [0.2, 0.25) is 0 Å². The molecule has 25 heavy (non-hydrogen) atoms. The number of ether oxygens (including phenoxy) is 1. The Balaban J connectivity index is 1.54. The lowest BCUT2D eigenvalue weighted by Crippen LogP contribution is -2.13.